The number of allylic oxidation sites excluding steroid dienone is 2. The van der Waals surface area contributed by atoms with E-state index in [0.29, 0.717) is 12.2 Å². The summed E-state index contributed by atoms with van der Waals surface area (Å²) in [5.74, 6) is 0.563. The van der Waals surface area contributed by atoms with Gasteiger partial charge in [0.15, 0.2) is 0 Å². The van der Waals surface area contributed by atoms with Gasteiger partial charge in [0.1, 0.15) is 5.75 Å². The predicted molar refractivity (Wildman–Crippen MR) is 75.5 cm³/mol. The van der Waals surface area contributed by atoms with Crippen LogP contribution in [0.5, 0.6) is 5.75 Å². The second-order valence-electron chi connectivity index (χ2n) is 4.49. The van der Waals surface area contributed by atoms with Gasteiger partial charge in [0.05, 0.1) is 12.3 Å². The van der Waals surface area contributed by atoms with Crippen molar-refractivity contribution >= 4 is 11.6 Å². The minimum absolute atomic E-state index is 0.200. The summed E-state index contributed by atoms with van der Waals surface area (Å²) in [6.07, 6.45) is 3.94. The van der Waals surface area contributed by atoms with Crippen molar-refractivity contribution in [2.24, 2.45) is 5.10 Å². The number of amides is 1. The topological polar surface area (TPSA) is 50.7 Å². The predicted octanol–water partition coefficient (Wildman–Crippen LogP) is 2.91. The van der Waals surface area contributed by atoms with Gasteiger partial charge < -0.3 is 4.74 Å². The summed E-state index contributed by atoms with van der Waals surface area (Å²) in [6, 6.07) is 7.03. The highest BCUT2D eigenvalue weighted by Crippen LogP contribution is 2.15. The Morgan fingerprint density at radius 3 is 2.63 bits per heavy atom. The van der Waals surface area contributed by atoms with Gasteiger partial charge in [0.2, 0.25) is 0 Å². The number of rotatable bonds is 4. The molecule has 0 atom stereocenters. The maximum atomic E-state index is 11.9. The average Bonchev–Trinajstić information content (AvgIpc) is 2.83. The SMILES string of the molecule is CCOc1ccc(C(=O)N/N=C2\C=C(C)CC2)cc1. The summed E-state index contributed by atoms with van der Waals surface area (Å²) in [5.41, 5.74) is 5.38. The van der Waals surface area contributed by atoms with Gasteiger partial charge in [-0.3, -0.25) is 4.79 Å². The van der Waals surface area contributed by atoms with E-state index in [-0.39, 0.29) is 5.91 Å². The smallest absolute Gasteiger partial charge is 0.271 e. The lowest BCUT2D eigenvalue weighted by atomic mass is 10.2. The highest BCUT2D eigenvalue weighted by atomic mass is 16.5. The third kappa shape index (κ3) is 3.68. The van der Waals surface area contributed by atoms with Gasteiger partial charge in [-0.05, 0) is 57.0 Å². The van der Waals surface area contributed by atoms with Gasteiger partial charge in [0.25, 0.3) is 5.91 Å². The minimum Gasteiger partial charge on any atom is -0.494 e. The molecule has 0 bridgehead atoms. The Labute approximate surface area is 113 Å². The fourth-order valence-corrected chi connectivity index (χ4v) is 1.90. The molecule has 0 fully saturated rings. The van der Waals surface area contributed by atoms with Crippen molar-refractivity contribution in [3.8, 4) is 5.75 Å². The highest BCUT2D eigenvalue weighted by molar-refractivity contribution is 6.00. The summed E-state index contributed by atoms with van der Waals surface area (Å²) in [7, 11) is 0. The Bertz CT molecular complexity index is 515. The van der Waals surface area contributed by atoms with Crippen molar-refractivity contribution in [1.29, 1.82) is 0 Å². The number of hydrazone groups is 1. The summed E-state index contributed by atoms with van der Waals surface area (Å²) in [6.45, 7) is 4.61. The quantitative estimate of drug-likeness (QED) is 0.844. The van der Waals surface area contributed by atoms with Gasteiger partial charge in [-0.1, -0.05) is 5.57 Å². The van der Waals surface area contributed by atoms with Crippen LogP contribution in [0, 0.1) is 0 Å². The molecular formula is C15H18N2O2. The Morgan fingerprint density at radius 1 is 1.32 bits per heavy atom. The molecule has 2 rings (SSSR count). The van der Waals surface area contributed by atoms with Crippen molar-refractivity contribution in [3.05, 3.63) is 41.5 Å². The van der Waals surface area contributed by atoms with E-state index in [4.69, 9.17) is 4.74 Å². The van der Waals surface area contributed by atoms with Crippen LogP contribution in [0.25, 0.3) is 0 Å². The van der Waals surface area contributed by atoms with Crippen molar-refractivity contribution in [2.75, 3.05) is 6.61 Å². The van der Waals surface area contributed by atoms with E-state index in [1.165, 1.54) is 5.57 Å². The van der Waals surface area contributed by atoms with E-state index < -0.39 is 0 Å². The first-order chi connectivity index (χ1) is 9.19. The number of nitrogens with one attached hydrogen (secondary N) is 1. The molecule has 4 nitrogen and oxygen atoms in total. The van der Waals surface area contributed by atoms with Crippen LogP contribution in [0.15, 0.2) is 41.0 Å². The molecule has 4 heteroatoms. The van der Waals surface area contributed by atoms with E-state index in [1.807, 2.05) is 13.0 Å². The first-order valence-electron chi connectivity index (χ1n) is 6.46. The molecule has 1 N–H and O–H groups in total. The van der Waals surface area contributed by atoms with Crippen LogP contribution in [0.2, 0.25) is 0 Å². The number of nitrogens with zero attached hydrogens (tertiary/aromatic N) is 1. The number of hydrogen-bond donors (Lipinski definition) is 1. The molecule has 1 aliphatic rings. The van der Waals surface area contributed by atoms with Crippen LogP contribution >= 0.6 is 0 Å². The molecule has 1 amide bonds. The molecule has 0 spiro atoms. The molecule has 0 unspecified atom stereocenters. The lowest BCUT2D eigenvalue weighted by Gasteiger charge is -2.04. The first-order valence-corrected chi connectivity index (χ1v) is 6.46. The van der Waals surface area contributed by atoms with Gasteiger partial charge in [-0.25, -0.2) is 5.43 Å². The zero-order valence-corrected chi connectivity index (χ0v) is 11.3. The molecule has 0 aromatic heterocycles. The van der Waals surface area contributed by atoms with Gasteiger partial charge in [-0.2, -0.15) is 5.10 Å². The van der Waals surface area contributed by atoms with E-state index in [2.05, 4.69) is 17.5 Å². The molecule has 19 heavy (non-hydrogen) atoms. The summed E-state index contributed by atoms with van der Waals surface area (Å²) in [5, 5.41) is 4.12. The maximum absolute atomic E-state index is 11.9. The van der Waals surface area contributed by atoms with E-state index in [1.54, 1.807) is 24.3 Å². The maximum Gasteiger partial charge on any atom is 0.271 e. The Kier molecular flexibility index (Phi) is 4.34. The van der Waals surface area contributed by atoms with Crippen molar-refractivity contribution in [3.63, 3.8) is 0 Å². The molecule has 1 aliphatic carbocycles. The fraction of sp³-hybridized carbons (Fsp3) is 0.333. The van der Waals surface area contributed by atoms with Gasteiger partial charge >= 0.3 is 0 Å². The molecule has 100 valence electrons. The molecule has 1 aromatic rings. The summed E-state index contributed by atoms with van der Waals surface area (Å²) < 4.78 is 5.33. The highest BCUT2D eigenvalue weighted by Gasteiger charge is 2.08. The van der Waals surface area contributed by atoms with Gasteiger partial charge in [-0.15, -0.1) is 0 Å². The average molecular weight is 258 g/mol. The molecule has 0 radical (unpaired) electrons. The standard InChI is InChI=1S/C15H18N2O2/c1-3-19-14-8-5-12(6-9-14)15(18)17-16-13-7-4-11(2)10-13/h5-6,8-10H,3-4,7H2,1-2H3,(H,17,18)/b16-13-. The first kappa shape index (κ1) is 13.3. The molecule has 0 saturated carbocycles. The van der Waals surface area contributed by atoms with Crippen molar-refractivity contribution in [1.82, 2.24) is 5.43 Å². The lowest BCUT2D eigenvalue weighted by molar-refractivity contribution is 0.0955. The van der Waals surface area contributed by atoms with Crippen LogP contribution < -0.4 is 10.2 Å². The number of carbonyl (C=O) groups excluding carboxylic acids is 1. The Morgan fingerprint density at radius 2 is 2.05 bits per heavy atom. The van der Waals surface area contributed by atoms with Crippen LogP contribution in [0.3, 0.4) is 0 Å². The van der Waals surface area contributed by atoms with Crippen LogP contribution in [0.4, 0.5) is 0 Å². The third-order valence-electron chi connectivity index (χ3n) is 2.92. The van der Waals surface area contributed by atoms with E-state index in [0.717, 1.165) is 24.3 Å². The number of hydrogen-bond acceptors (Lipinski definition) is 3. The molecule has 0 saturated heterocycles. The second kappa shape index (κ2) is 6.18. The van der Waals surface area contributed by atoms with E-state index >= 15 is 0 Å². The Balaban J connectivity index is 1.96. The van der Waals surface area contributed by atoms with Crippen LogP contribution in [-0.2, 0) is 0 Å². The Hall–Kier alpha value is -2.10. The van der Waals surface area contributed by atoms with Gasteiger partial charge in [0, 0.05) is 5.56 Å². The van der Waals surface area contributed by atoms with Crippen molar-refractivity contribution in [2.45, 2.75) is 26.7 Å². The number of carbonyl (C=O) groups is 1. The molecule has 0 aliphatic heterocycles. The normalized spacial score (nSPS) is 16.3. The number of benzene rings is 1. The summed E-state index contributed by atoms with van der Waals surface area (Å²) >= 11 is 0. The second-order valence-corrected chi connectivity index (χ2v) is 4.49. The van der Waals surface area contributed by atoms with Crippen molar-refractivity contribution < 1.29 is 9.53 Å². The van der Waals surface area contributed by atoms with E-state index in [9.17, 15) is 4.79 Å². The molecule has 0 heterocycles. The zero-order valence-electron chi connectivity index (χ0n) is 11.3. The largest absolute Gasteiger partial charge is 0.494 e. The zero-order chi connectivity index (χ0) is 13.7. The monoisotopic (exact) mass is 258 g/mol. The minimum atomic E-state index is -0.200. The lowest BCUT2D eigenvalue weighted by Crippen LogP contribution is -2.18. The summed E-state index contributed by atoms with van der Waals surface area (Å²) in [4.78, 5) is 11.9. The fourth-order valence-electron chi connectivity index (χ4n) is 1.90. The molecule has 1 aromatic carbocycles. The number of ether oxygens (including phenoxy) is 1. The van der Waals surface area contributed by atoms with Crippen LogP contribution in [0.1, 0.15) is 37.0 Å². The third-order valence-corrected chi connectivity index (χ3v) is 2.92. The molecular weight excluding hydrogens is 240 g/mol. The van der Waals surface area contributed by atoms with Crippen LogP contribution in [-0.4, -0.2) is 18.2 Å².